The molecule has 2 amide bonds. The van der Waals surface area contributed by atoms with E-state index in [0.717, 1.165) is 10.0 Å². The molecule has 0 heterocycles. The van der Waals surface area contributed by atoms with Crippen molar-refractivity contribution in [2.75, 3.05) is 10.6 Å². The number of halogens is 1. The van der Waals surface area contributed by atoms with Crippen LogP contribution in [0.4, 0.5) is 16.2 Å². The van der Waals surface area contributed by atoms with Crippen LogP contribution >= 0.6 is 15.9 Å². The van der Waals surface area contributed by atoms with Crippen LogP contribution in [0.1, 0.15) is 15.9 Å². The first kappa shape index (κ1) is 15.1. The first-order valence-corrected chi connectivity index (χ1v) is 6.92. The fourth-order valence-electron chi connectivity index (χ4n) is 1.71. The van der Waals surface area contributed by atoms with Gasteiger partial charge >= 0.3 is 12.0 Å². The van der Waals surface area contributed by atoms with Crippen LogP contribution in [-0.2, 0) is 0 Å². The Morgan fingerprint density at radius 3 is 2.33 bits per heavy atom. The molecule has 3 N–H and O–H groups in total. The summed E-state index contributed by atoms with van der Waals surface area (Å²) in [5, 5.41) is 14.3. The Bertz CT molecular complexity index is 684. The molecule has 0 saturated carbocycles. The zero-order valence-corrected chi connectivity index (χ0v) is 12.8. The molecule has 2 rings (SSSR count). The lowest BCUT2D eigenvalue weighted by atomic mass is 10.1. The van der Waals surface area contributed by atoms with E-state index in [2.05, 4.69) is 26.6 Å². The van der Waals surface area contributed by atoms with Crippen molar-refractivity contribution in [1.29, 1.82) is 0 Å². The largest absolute Gasteiger partial charge is 0.478 e. The van der Waals surface area contributed by atoms with Crippen LogP contribution in [0.5, 0.6) is 0 Å². The number of rotatable bonds is 3. The Kier molecular flexibility index (Phi) is 4.59. The monoisotopic (exact) mass is 348 g/mol. The van der Waals surface area contributed by atoms with Crippen molar-refractivity contribution < 1.29 is 14.7 Å². The van der Waals surface area contributed by atoms with Crippen molar-refractivity contribution >= 4 is 39.3 Å². The summed E-state index contributed by atoms with van der Waals surface area (Å²) in [6.45, 7) is 1.79. The predicted molar refractivity (Wildman–Crippen MR) is 84.9 cm³/mol. The van der Waals surface area contributed by atoms with E-state index in [1.54, 1.807) is 25.1 Å². The highest BCUT2D eigenvalue weighted by atomic mass is 79.9. The predicted octanol–water partition coefficient (Wildman–Crippen LogP) is 4.10. The van der Waals surface area contributed by atoms with Crippen LogP contribution in [0, 0.1) is 6.92 Å². The quantitative estimate of drug-likeness (QED) is 0.781. The summed E-state index contributed by atoms with van der Waals surface area (Å²) in [7, 11) is 0. The lowest BCUT2D eigenvalue weighted by Gasteiger charge is -2.10. The number of carbonyl (C=O) groups is 2. The summed E-state index contributed by atoms with van der Waals surface area (Å²) in [4.78, 5) is 22.9. The first-order chi connectivity index (χ1) is 9.95. The second-order valence-electron chi connectivity index (χ2n) is 4.42. The minimum absolute atomic E-state index is 0.125. The van der Waals surface area contributed by atoms with Gasteiger partial charge in [-0.25, -0.2) is 9.59 Å². The number of carboxylic acids is 1. The highest BCUT2D eigenvalue weighted by Gasteiger charge is 2.09. The summed E-state index contributed by atoms with van der Waals surface area (Å²) < 4.78 is 0.915. The molecule has 5 nitrogen and oxygen atoms in total. The SMILES string of the molecule is Cc1ccc(C(=O)O)cc1NC(=O)Nc1ccc(Br)cc1. The van der Waals surface area contributed by atoms with Gasteiger partial charge in [-0.15, -0.1) is 0 Å². The number of urea groups is 1. The molecule has 6 heteroatoms. The minimum atomic E-state index is -1.04. The highest BCUT2D eigenvalue weighted by Crippen LogP contribution is 2.18. The molecular formula is C15H13BrN2O3. The van der Waals surface area contributed by atoms with Crippen molar-refractivity contribution in [2.45, 2.75) is 6.92 Å². The summed E-state index contributed by atoms with van der Waals surface area (Å²) >= 11 is 3.31. The number of carboxylic acid groups (broad SMARTS) is 1. The van der Waals surface area contributed by atoms with E-state index in [0.29, 0.717) is 11.4 Å². The number of hydrogen-bond donors (Lipinski definition) is 3. The molecule has 0 spiro atoms. The summed E-state index contributed by atoms with van der Waals surface area (Å²) in [6, 6.07) is 11.3. The summed E-state index contributed by atoms with van der Waals surface area (Å²) in [5.74, 6) is -1.04. The van der Waals surface area contributed by atoms with Gasteiger partial charge in [0.15, 0.2) is 0 Å². The fraction of sp³-hybridized carbons (Fsp3) is 0.0667. The number of aromatic carboxylic acids is 1. The molecule has 0 aliphatic rings. The van der Waals surface area contributed by atoms with E-state index in [9.17, 15) is 9.59 Å². The second kappa shape index (κ2) is 6.41. The van der Waals surface area contributed by atoms with Gasteiger partial charge < -0.3 is 15.7 Å². The highest BCUT2D eigenvalue weighted by molar-refractivity contribution is 9.10. The molecule has 108 valence electrons. The number of anilines is 2. The third-order valence-electron chi connectivity index (χ3n) is 2.83. The van der Waals surface area contributed by atoms with Crippen molar-refractivity contribution in [1.82, 2.24) is 0 Å². The Balaban J connectivity index is 2.10. The van der Waals surface area contributed by atoms with Gasteiger partial charge in [0, 0.05) is 15.8 Å². The number of carbonyl (C=O) groups excluding carboxylic acids is 1. The lowest BCUT2D eigenvalue weighted by Crippen LogP contribution is -2.20. The molecular weight excluding hydrogens is 336 g/mol. The minimum Gasteiger partial charge on any atom is -0.478 e. The van der Waals surface area contributed by atoms with E-state index >= 15 is 0 Å². The third kappa shape index (κ3) is 4.06. The lowest BCUT2D eigenvalue weighted by molar-refractivity contribution is 0.0697. The molecule has 0 aliphatic carbocycles. The normalized spacial score (nSPS) is 10.0. The van der Waals surface area contributed by atoms with E-state index in [1.165, 1.54) is 12.1 Å². The topological polar surface area (TPSA) is 78.4 Å². The zero-order chi connectivity index (χ0) is 15.4. The first-order valence-electron chi connectivity index (χ1n) is 6.13. The molecule has 0 aliphatic heterocycles. The van der Waals surface area contributed by atoms with Gasteiger partial charge in [0.2, 0.25) is 0 Å². The molecule has 0 aromatic heterocycles. The molecule has 0 radical (unpaired) electrons. The van der Waals surface area contributed by atoms with Crippen LogP contribution in [0.2, 0.25) is 0 Å². The van der Waals surface area contributed by atoms with Crippen LogP contribution in [-0.4, -0.2) is 17.1 Å². The van der Waals surface area contributed by atoms with Gasteiger partial charge in [-0.3, -0.25) is 0 Å². The Morgan fingerprint density at radius 2 is 1.71 bits per heavy atom. The smallest absolute Gasteiger partial charge is 0.335 e. The van der Waals surface area contributed by atoms with Crippen molar-refractivity contribution in [3.63, 3.8) is 0 Å². The van der Waals surface area contributed by atoms with Crippen LogP contribution in [0.3, 0.4) is 0 Å². The average molecular weight is 349 g/mol. The molecule has 2 aromatic carbocycles. The zero-order valence-electron chi connectivity index (χ0n) is 11.2. The maximum absolute atomic E-state index is 11.9. The summed E-state index contributed by atoms with van der Waals surface area (Å²) in [5.41, 5.74) is 2.01. The average Bonchev–Trinajstić information content (AvgIpc) is 2.43. The van der Waals surface area contributed by atoms with E-state index < -0.39 is 12.0 Å². The Hall–Kier alpha value is -2.34. The van der Waals surface area contributed by atoms with Crippen LogP contribution < -0.4 is 10.6 Å². The number of amides is 2. The Morgan fingerprint density at radius 1 is 1.05 bits per heavy atom. The van der Waals surface area contributed by atoms with Gasteiger partial charge in [0.05, 0.1) is 5.56 Å². The maximum atomic E-state index is 11.9. The molecule has 0 unspecified atom stereocenters. The van der Waals surface area contributed by atoms with E-state index in [-0.39, 0.29) is 5.56 Å². The van der Waals surface area contributed by atoms with Crippen molar-refractivity contribution in [3.8, 4) is 0 Å². The van der Waals surface area contributed by atoms with E-state index in [1.807, 2.05) is 12.1 Å². The molecule has 0 bridgehead atoms. The number of benzene rings is 2. The number of aryl methyl sites for hydroxylation is 1. The van der Waals surface area contributed by atoms with Gasteiger partial charge in [-0.2, -0.15) is 0 Å². The third-order valence-corrected chi connectivity index (χ3v) is 3.36. The number of nitrogens with one attached hydrogen (secondary N) is 2. The molecule has 0 saturated heterocycles. The number of hydrogen-bond acceptors (Lipinski definition) is 2. The molecule has 0 fully saturated rings. The Labute approximate surface area is 130 Å². The van der Waals surface area contributed by atoms with Crippen molar-refractivity contribution in [3.05, 3.63) is 58.1 Å². The van der Waals surface area contributed by atoms with Gasteiger partial charge in [0.25, 0.3) is 0 Å². The van der Waals surface area contributed by atoms with E-state index in [4.69, 9.17) is 5.11 Å². The molecule has 2 aromatic rings. The van der Waals surface area contributed by atoms with Crippen molar-refractivity contribution in [2.24, 2.45) is 0 Å². The fourth-order valence-corrected chi connectivity index (χ4v) is 1.97. The second-order valence-corrected chi connectivity index (χ2v) is 5.34. The molecule has 21 heavy (non-hydrogen) atoms. The van der Waals surface area contributed by atoms with Gasteiger partial charge in [-0.1, -0.05) is 22.0 Å². The summed E-state index contributed by atoms with van der Waals surface area (Å²) in [6.07, 6.45) is 0. The standard InChI is InChI=1S/C15H13BrN2O3/c1-9-2-3-10(14(19)20)8-13(9)18-15(21)17-12-6-4-11(16)5-7-12/h2-8H,1H3,(H,19,20)(H2,17,18,21). The van der Waals surface area contributed by atoms with Gasteiger partial charge in [-0.05, 0) is 48.9 Å². The molecule has 0 atom stereocenters. The van der Waals surface area contributed by atoms with Crippen LogP contribution in [0.25, 0.3) is 0 Å². The van der Waals surface area contributed by atoms with Crippen LogP contribution in [0.15, 0.2) is 46.9 Å². The maximum Gasteiger partial charge on any atom is 0.335 e. The van der Waals surface area contributed by atoms with Gasteiger partial charge in [0.1, 0.15) is 0 Å².